The summed E-state index contributed by atoms with van der Waals surface area (Å²) in [4.78, 5) is 26.3. The largest absolute Gasteiger partial charge is 0.422 e. The van der Waals surface area contributed by atoms with Crippen LogP contribution in [-0.4, -0.2) is 4.98 Å². The van der Waals surface area contributed by atoms with Gasteiger partial charge < -0.3 is 9.40 Å². The third-order valence-corrected chi connectivity index (χ3v) is 2.95. The lowest BCUT2D eigenvalue weighted by Gasteiger charge is -2.02. The van der Waals surface area contributed by atoms with Gasteiger partial charge in [-0.2, -0.15) is 0 Å². The van der Waals surface area contributed by atoms with Crippen molar-refractivity contribution in [2.75, 3.05) is 0 Å². The number of aromatic nitrogens is 1. The molecule has 0 atom stereocenters. The van der Waals surface area contributed by atoms with Crippen molar-refractivity contribution in [2.45, 2.75) is 6.92 Å². The second kappa shape index (κ2) is 4.24. The highest BCUT2D eigenvalue weighted by molar-refractivity contribution is 5.83. The third kappa shape index (κ3) is 1.97. The molecule has 4 nitrogen and oxygen atoms in total. The van der Waals surface area contributed by atoms with Crippen LogP contribution in [0.2, 0.25) is 0 Å². The van der Waals surface area contributed by atoms with Crippen LogP contribution in [0.4, 0.5) is 0 Å². The first-order valence-corrected chi connectivity index (χ1v) is 5.88. The maximum atomic E-state index is 11.9. The van der Waals surface area contributed by atoms with E-state index < -0.39 is 11.2 Å². The van der Waals surface area contributed by atoms with Gasteiger partial charge in [-0.3, -0.25) is 4.79 Å². The zero-order valence-corrected chi connectivity index (χ0v) is 10.3. The van der Waals surface area contributed by atoms with Gasteiger partial charge in [-0.05, 0) is 19.1 Å². The fourth-order valence-electron chi connectivity index (χ4n) is 2.10. The zero-order chi connectivity index (χ0) is 13.4. The van der Waals surface area contributed by atoms with E-state index in [9.17, 15) is 9.59 Å². The second-order valence-electron chi connectivity index (χ2n) is 4.38. The van der Waals surface area contributed by atoms with Crippen LogP contribution in [0, 0.1) is 6.92 Å². The van der Waals surface area contributed by atoms with Crippen LogP contribution in [0.3, 0.4) is 0 Å². The van der Waals surface area contributed by atoms with Crippen molar-refractivity contribution in [2.24, 2.45) is 0 Å². The summed E-state index contributed by atoms with van der Waals surface area (Å²) in [5.41, 5.74) is 0.488. The Kier molecular flexibility index (Phi) is 2.56. The molecule has 19 heavy (non-hydrogen) atoms. The number of pyridine rings is 1. The topological polar surface area (TPSA) is 63.1 Å². The first kappa shape index (κ1) is 11.5. The van der Waals surface area contributed by atoms with Crippen LogP contribution >= 0.6 is 0 Å². The molecule has 94 valence electrons. The summed E-state index contributed by atoms with van der Waals surface area (Å²) in [5.74, 6) is 0.461. The quantitative estimate of drug-likeness (QED) is 0.724. The Morgan fingerprint density at radius 2 is 1.79 bits per heavy atom. The molecule has 3 aromatic rings. The Morgan fingerprint density at radius 3 is 2.53 bits per heavy atom. The Balaban J connectivity index is 2.37. The number of fused-ring (bicyclic) bond motifs is 1. The fourth-order valence-corrected chi connectivity index (χ4v) is 2.10. The number of rotatable bonds is 1. The predicted octanol–water partition coefficient (Wildman–Crippen LogP) is 2.46. The second-order valence-corrected chi connectivity index (χ2v) is 4.38. The molecule has 0 bridgehead atoms. The molecule has 0 amide bonds. The van der Waals surface area contributed by atoms with Gasteiger partial charge in [0, 0.05) is 16.6 Å². The molecule has 0 aliphatic rings. The van der Waals surface area contributed by atoms with Crippen LogP contribution < -0.4 is 11.2 Å². The van der Waals surface area contributed by atoms with E-state index in [1.807, 2.05) is 30.3 Å². The minimum absolute atomic E-state index is 0.0604. The Morgan fingerprint density at radius 1 is 1.05 bits per heavy atom. The lowest BCUT2D eigenvalue weighted by atomic mass is 10.1. The minimum atomic E-state index is -0.613. The standard InChI is InChI=1S/C15H11NO3/c1-9-7-11-8-12(10-5-3-2-4-6-10)19-15(18)13(11)14(17)16-9/h2-8H,1H3,(H,16,17). The highest BCUT2D eigenvalue weighted by Crippen LogP contribution is 2.20. The molecule has 0 aliphatic heterocycles. The van der Waals surface area contributed by atoms with Crippen molar-refractivity contribution in [3.05, 3.63) is 68.9 Å². The van der Waals surface area contributed by atoms with E-state index in [0.29, 0.717) is 16.8 Å². The van der Waals surface area contributed by atoms with Crippen molar-refractivity contribution >= 4 is 10.8 Å². The first-order chi connectivity index (χ1) is 9.15. The summed E-state index contributed by atoms with van der Waals surface area (Å²) < 4.78 is 5.22. The van der Waals surface area contributed by atoms with Gasteiger partial charge in [0.1, 0.15) is 11.1 Å². The summed E-state index contributed by atoms with van der Waals surface area (Å²) in [6.45, 7) is 1.78. The van der Waals surface area contributed by atoms with E-state index in [1.165, 1.54) is 0 Å². The minimum Gasteiger partial charge on any atom is -0.422 e. The van der Waals surface area contributed by atoms with E-state index in [4.69, 9.17) is 4.42 Å². The number of hydrogen-bond donors (Lipinski definition) is 1. The van der Waals surface area contributed by atoms with Crippen LogP contribution in [0.15, 0.2) is 56.5 Å². The van der Waals surface area contributed by atoms with Gasteiger partial charge >= 0.3 is 5.63 Å². The van der Waals surface area contributed by atoms with Gasteiger partial charge in [-0.1, -0.05) is 30.3 Å². The Hall–Kier alpha value is -2.62. The van der Waals surface area contributed by atoms with Gasteiger partial charge in [0.05, 0.1) is 0 Å². The smallest absolute Gasteiger partial charge is 0.349 e. The molecule has 0 aliphatic carbocycles. The highest BCUT2D eigenvalue weighted by Gasteiger charge is 2.09. The molecule has 2 aromatic heterocycles. The lowest BCUT2D eigenvalue weighted by molar-refractivity contribution is 0.534. The van der Waals surface area contributed by atoms with Crippen molar-refractivity contribution in [1.29, 1.82) is 0 Å². The van der Waals surface area contributed by atoms with E-state index in [0.717, 1.165) is 5.56 Å². The molecule has 2 heterocycles. The molecule has 0 saturated heterocycles. The normalized spacial score (nSPS) is 10.8. The molecule has 0 unspecified atom stereocenters. The SMILES string of the molecule is Cc1cc2cc(-c3ccccc3)oc(=O)c2c(=O)[nH]1. The molecule has 0 fully saturated rings. The summed E-state index contributed by atoms with van der Waals surface area (Å²) in [6, 6.07) is 12.8. The molecule has 0 radical (unpaired) electrons. The zero-order valence-electron chi connectivity index (χ0n) is 10.3. The van der Waals surface area contributed by atoms with E-state index >= 15 is 0 Å². The number of hydrogen-bond acceptors (Lipinski definition) is 3. The maximum absolute atomic E-state index is 11.9. The van der Waals surface area contributed by atoms with E-state index in [-0.39, 0.29) is 5.39 Å². The Labute approximate surface area is 108 Å². The number of H-pyrrole nitrogens is 1. The van der Waals surface area contributed by atoms with Crippen LogP contribution in [0.5, 0.6) is 0 Å². The summed E-state index contributed by atoms with van der Waals surface area (Å²) in [5, 5.41) is 0.654. The van der Waals surface area contributed by atoms with Crippen molar-refractivity contribution < 1.29 is 4.42 Å². The molecule has 1 N–H and O–H groups in total. The lowest BCUT2D eigenvalue weighted by Crippen LogP contribution is -2.16. The monoisotopic (exact) mass is 253 g/mol. The molecule has 1 aromatic carbocycles. The predicted molar refractivity (Wildman–Crippen MR) is 73.3 cm³/mol. The van der Waals surface area contributed by atoms with E-state index in [2.05, 4.69) is 4.98 Å². The van der Waals surface area contributed by atoms with Crippen LogP contribution in [0.25, 0.3) is 22.1 Å². The fraction of sp³-hybridized carbons (Fsp3) is 0.0667. The molecule has 3 rings (SSSR count). The van der Waals surface area contributed by atoms with Gasteiger partial charge in [0.25, 0.3) is 5.56 Å². The summed E-state index contributed by atoms with van der Waals surface area (Å²) in [7, 11) is 0. The van der Waals surface area contributed by atoms with Crippen LogP contribution in [0.1, 0.15) is 5.69 Å². The number of nitrogens with one attached hydrogen (secondary N) is 1. The Bertz CT molecular complexity index is 860. The van der Waals surface area contributed by atoms with Gasteiger partial charge in [0.15, 0.2) is 0 Å². The van der Waals surface area contributed by atoms with Gasteiger partial charge in [-0.15, -0.1) is 0 Å². The molecule has 0 saturated carbocycles. The highest BCUT2D eigenvalue weighted by atomic mass is 16.4. The maximum Gasteiger partial charge on any atom is 0.349 e. The molecular weight excluding hydrogens is 242 g/mol. The van der Waals surface area contributed by atoms with E-state index in [1.54, 1.807) is 19.1 Å². The average Bonchev–Trinajstić information content (AvgIpc) is 2.38. The van der Waals surface area contributed by atoms with Crippen molar-refractivity contribution in [3.63, 3.8) is 0 Å². The molecule has 4 heteroatoms. The number of benzene rings is 1. The summed E-state index contributed by atoms with van der Waals surface area (Å²) >= 11 is 0. The average molecular weight is 253 g/mol. The van der Waals surface area contributed by atoms with Crippen molar-refractivity contribution in [3.8, 4) is 11.3 Å². The molecule has 0 spiro atoms. The van der Waals surface area contributed by atoms with Gasteiger partial charge in [0.2, 0.25) is 0 Å². The van der Waals surface area contributed by atoms with Crippen LogP contribution in [-0.2, 0) is 0 Å². The first-order valence-electron chi connectivity index (χ1n) is 5.88. The summed E-state index contributed by atoms with van der Waals surface area (Å²) in [6.07, 6.45) is 0. The van der Waals surface area contributed by atoms with Gasteiger partial charge in [-0.25, -0.2) is 4.79 Å². The van der Waals surface area contributed by atoms with Crippen molar-refractivity contribution in [1.82, 2.24) is 4.98 Å². The number of aryl methyl sites for hydroxylation is 1. The third-order valence-electron chi connectivity index (χ3n) is 2.95. The molecular formula is C15H11NO3. The number of aromatic amines is 1.